The summed E-state index contributed by atoms with van der Waals surface area (Å²) < 4.78 is 32.6. The summed E-state index contributed by atoms with van der Waals surface area (Å²) in [5.41, 5.74) is 1.03. The lowest BCUT2D eigenvalue weighted by molar-refractivity contribution is -0.138. The van der Waals surface area contributed by atoms with E-state index in [-0.39, 0.29) is 23.3 Å². The van der Waals surface area contributed by atoms with Gasteiger partial charge in [0.25, 0.3) is 0 Å². The average molecular weight is 311 g/mol. The second-order valence-electron chi connectivity index (χ2n) is 5.62. The Balaban J connectivity index is 1.64. The topological polar surface area (TPSA) is 92.7 Å². The molecule has 1 saturated carbocycles. The van der Waals surface area contributed by atoms with Gasteiger partial charge in [0, 0.05) is 24.9 Å². The highest BCUT2D eigenvalue weighted by Crippen LogP contribution is 2.32. The van der Waals surface area contributed by atoms with Gasteiger partial charge in [-0.1, -0.05) is 6.07 Å². The first-order chi connectivity index (χ1) is 9.94. The molecule has 7 heteroatoms. The molecule has 1 aromatic rings. The fraction of sp³-hybridized carbons (Fsp3) is 0.500. The normalized spacial score (nSPS) is 24.0. The molecule has 21 heavy (non-hydrogen) atoms. The second-order valence-corrected chi connectivity index (χ2v) is 7.34. The number of benzene rings is 1. The van der Waals surface area contributed by atoms with Crippen molar-refractivity contribution in [3.8, 4) is 5.75 Å². The van der Waals surface area contributed by atoms with Crippen LogP contribution in [0.5, 0.6) is 5.75 Å². The highest BCUT2D eigenvalue weighted by Gasteiger charge is 2.34. The Hall–Kier alpha value is -1.60. The lowest BCUT2D eigenvalue weighted by Gasteiger charge is -2.34. The van der Waals surface area contributed by atoms with Crippen LogP contribution >= 0.6 is 0 Å². The molecule has 114 valence electrons. The maximum atomic E-state index is 12.3. The van der Waals surface area contributed by atoms with Crippen LogP contribution in [0.15, 0.2) is 23.1 Å². The Kier molecular flexibility index (Phi) is 3.62. The van der Waals surface area contributed by atoms with Gasteiger partial charge in [0.2, 0.25) is 10.0 Å². The quantitative estimate of drug-likeness (QED) is 0.851. The van der Waals surface area contributed by atoms with Crippen molar-refractivity contribution in [2.75, 3.05) is 6.61 Å². The number of hydrogen-bond donors (Lipinski definition) is 2. The molecule has 3 rings (SSSR count). The van der Waals surface area contributed by atoms with Crippen LogP contribution in [-0.4, -0.2) is 32.1 Å². The summed E-state index contributed by atoms with van der Waals surface area (Å²) in [7, 11) is -3.57. The van der Waals surface area contributed by atoms with E-state index >= 15 is 0 Å². The number of carboxylic acid groups (broad SMARTS) is 1. The SMILES string of the molecule is O=C(O)CC1CC(NS(=O)(=O)c2ccc3c(c2)OCC3)C1. The highest BCUT2D eigenvalue weighted by molar-refractivity contribution is 7.89. The van der Waals surface area contributed by atoms with Crippen LogP contribution in [0.4, 0.5) is 0 Å². The number of carboxylic acids is 1. The van der Waals surface area contributed by atoms with Crippen molar-refractivity contribution < 1.29 is 23.1 Å². The molecule has 0 atom stereocenters. The molecule has 6 nitrogen and oxygen atoms in total. The third-order valence-corrected chi connectivity index (χ3v) is 5.52. The predicted octanol–water partition coefficient (Wildman–Crippen LogP) is 1.15. The van der Waals surface area contributed by atoms with Gasteiger partial charge >= 0.3 is 5.97 Å². The van der Waals surface area contributed by atoms with Crippen LogP contribution in [0.3, 0.4) is 0 Å². The van der Waals surface area contributed by atoms with Gasteiger partial charge in [0.1, 0.15) is 5.75 Å². The van der Waals surface area contributed by atoms with Gasteiger partial charge in [-0.3, -0.25) is 4.79 Å². The van der Waals surface area contributed by atoms with Gasteiger partial charge in [-0.25, -0.2) is 13.1 Å². The minimum absolute atomic E-state index is 0.0681. The molecule has 0 bridgehead atoms. The zero-order valence-electron chi connectivity index (χ0n) is 11.4. The van der Waals surface area contributed by atoms with E-state index in [1.807, 2.05) is 0 Å². The maximum Gasteiger partial charge on any atom is 0.303 e. The van der Waals surface area contributed by atoms with E-state index in [9.17, 15) is 13.2 Å². The molecule has 1 aromatic carbocycles. The molecule has 1 aliphatic carbocycles. The number of nitrogens with one attached hydrogen (secondary N) is 1. The summed E-state index contributed by atoms with van der Waals surface area (Å²) in [6.45, 7) is 0.589. The molecule has 2 N–H and O–H groups in total. The van der Waals surface area contributed by atoms with Crippen LogP contribution in [0.25, 0.3) is 0 Å². The molecule has 0 amide bonds. The molecule has 1 aliphatic heterocycles. The fourth-order valence-electron chi connectivity index (χ4n) is 2.85. The van der Waals surface area contributed by atoms with Gasteiger partial charge in [0.05, 0.1) is 11.5 Å². The molecule has 0 saturated heterocycles. The maximum absolute atomic E-state index is 12.3. The molecule has 2 aliphatic rings. The van der Waals surface area contributed by atoms with Gasteiger partial charge < -0.3 is 9.84 Å². The summed E-state index contributed by atoms with van der Waals surface area (Å²) in [6.07, 6.45) is 2.06. The lowest BCUT2D eigenvalue weighted by Crippen LogP contribution is -2.44. The Morgan fingerprint density at radius 1 is 1.38 bits per heavy atom. The minimum Gasteiger partial charge on any atom is -0.493 e. The van der Waals surface area contributed by atoms with Crippen molar-refractivity contribution in [1.29, 1.82) is 0 Å². The van der Waals surface area contributed by atoms with Gasteiger partial charge in [-0.05, 0) is 30.4 Å². The first-order valence-corrected chi connectivity index (χ1v) is 8.42. The van der Waals surface area contributed by atoms with E-state index in [0.29, 0.717) is 25.2 Å². The van der Waals surface area contributed by atoms with E-state index in [1.165, 1.54) is 0 Å². The smallest absolute Gasteiger partial charge is 0.303 e. The van der Waals surface area contributed by atoms with Gasteiger partial charge in [0.15, 0.2) is 0 Å². The summed E-state index contributed by atoms with van der Waals surface area (Å²) in [4.78, 5) is 10.8. The van der Waals surface area contributed by atoms with Gasteiger partial charge in [-0.15, -0.1) is 0 Å². The molecular formula is C14H17NO5S. The Morgan fingerprint density at radius 2 is 2.14 bits per heavy atom. The highest BCUT2D eigenvalue weighted by atomic mass is 32.2. The van der Waals surface area contributed by atoms with Crippen molar-refractivity contribution in [3.05, 3.63) is 23.8 Å². The van der Waals surface area contributed by atoms with Crippen LogP contribution in [0, 0.1) is 5.92 Å². The number of sulfonamides is 1. The van der Waals surface area contributed by atoms with Crippen molar-refractivity contribution in [3.63, 3.8) is 0 Å². The number of rotatable bonds is 5. The average Bonchev–Trinajstić information content (AvgIpc) is 2.82. The van der Waals surface area contributed by atoms with Gasteiger partial charge in [-0.2, -0.15) is 0 Å². The fourth-order valence-corrected chi connectivity index (χ4v) is 4.12. The Labute approximate surface area is 123 Å². The first kappa shape index (κ1) is 14.3. The van der Waals surface area contributed by atoms with Crippen molar-refractivity contribution in [2.24, 2.45) is 5.92 Å². The third kappa shape index (κ3) is 3.03. The van der Waals surface area contributed by atoms with Crippen LogP contribution in [0.2, 0.25) is 0 Å². The summed E-state index contributed by atoms with van der Waals surface area (Å²) in [5.74, 6) is -0.133. The molecule has 0 spiro atoms. The van der Waals surface area contributed by atoms with E-state index in [0.717, 1.165) is 12.0 Å². The van der Waals surface area contributed by atoms with Crippen molar-refractivity contribution in [2.45, 2.75) is 36.6 Å². The standard InChI is InChI=1S/C14H17NO5S/c16-14(17)7-9-5-11(6-9)15-21(18,19)12-2-1-10-3-4-20-13(10)8-12/h1-2,8-9,11,15H,3-7H2,(H,16,17). The van der Waals surface area contributed by atoms with Crippen LogP contribution < -0.4 is 9.46 Å². The zero-order chi connectivity index (χ0) is 15.0. The summed E-state index contributed by atoms with van der Waals surface area (Å²) in [5, 5.41) is 8.68. The number of fused-ring (bicyclic) bond motifs is 1. The largest absolute Gasteiger partial charge is 0.493 e. The third-order valence-electron chi connectivity index (χ3n) is 4.00. The van der Waals surface area contributed by atoms with Crippen molar-refractivity contribution in [1.82, 2.24) is 4.72 Å². The Morgan fingerprint density at radius 3 is 2.86 bits per heavy atom. The van der Waals surface area contributed by atoms with E-state index < -0.39 is 16.0 Å². The second kappa shape index (κ2) is 5.31. The van der Waals surface area contributed by atoms with Crippen LogP contribution in [-0.2, 0) is 21.2 Å². The molecule has 1 heterocycles. The Bertz CT molecular complexity index is 664. The van der Waals surface area contributed by atoms with E-state index in [4.69, 9.17) is 9.84 Å². The van der Waals surface area contributed by atoms with Crippen LogP contribution in [0.1, 0.15) is 24.8 Å². The van der Waals surface area contributed by atoms with E-state index in [1.54, 1.807) is 18.2 Å². The van der Waals surface area contributed by atoms with Crippen molar-refractivity contribution >= 4 is 16.0 Å². The molecule has 0 unspecified atom stereocenters. The number of hydrogen-bond acceptors (Lipinski definition) is 4. The molecule has 1 fully saturated rings. The number of aliphatic carboxylic acids is 1. The van der Waals surface area contributed by atoms with E-state index in [2.05, 4.69) is 4.72 Å². The number of ether oxygens (including phenoxy) is 1. The number of carbonyl (C=O) groups is 1. The molecule has 0 aromatic heterocycles. The monoisotopic (exact) mass is 311 g/mol. The summed E-state index contributed by atoms with van der Waals surface area (Å²) in [6, 6.07) is 4.75. The molecular weight excluding hydrogens is 294 g/mol. The predicted molar refractivity (Wildman–Crippen MR) is 74.7 cm³/mol. The first-order valence-electron chi connectivity index (χ1n) is 6.94. The summed E-state index contributed by atoms with van der Waals surface area (Å²) >= 11 is 0. The zero-order valence-corrected chi connectivity index (χ0v) is 12.2. The lowest BCUT2D eigenvalue weighted by atomic mass is 9.79. The molecule has 0 radical (unpaired) electrons. The minimum atomic E-state index is -3.57.